The molecule has 0 heterocycles. The zero-order chi connectivity index (χ0) is 18.1. The highest BCUT2D eigenvalue weighted by molar-refractivity contribution is 6.19. The molecular formula is C10H18F6O5. The Labute approximate surface area is 117 Å². The predicted molar refractivity (Wildman–Crippen MR) is 62.2 cm³/mol. The number of aliphatic carboxylic acids is 1. The van der Waals surface area contributed by atoms with E-state index in [1.54, 1.807) is 0 Å². The van der Waals surface area contributed by atoms with Gasteiger partial charge in [-0.15, -0.1) is 0 Å². The molecule has 0 saturated carbocycles. The summed E-state index contributed by atoms with van der Waals surface area (Å²) in [5, 5.41) is 7.35. The minimum absolute atomic E-state index is 0.153. The quantitative estimate of drug-likeness (QED) is 0.264. The van der Waals surface area contributed by atoms with E-state index in [4.69, 9.17) is 51.6 Å². The number of carbonyl (C=O) groups excluding carboxylic acids is 1. The lowest BCUT2D eigenvalue weighted by Gasteiger charge is -2.11. The molecule has 0 aliphatic carbocycles. The average Bonchev–Trinajstić information content (AvgIpc) is 2.54. The zero-order valence-corrected chi connectivity index (χ0v) is 11.6. The number of rotatable bonds is 6. The van der Waals surface area contributed by atoms with E-state index in [-0.39, 0.29) is 12.6 Å². The molecule has 0 radical (unpaired) electrons. The van der Waals surface area contributed by atoms with Crippen LogP contribution in [0.15, 0.2) is 12.2 Å². The summed E-state index contributed by atoms with van der Waals surface area (Å²) in [6.45, 7) is 7.24. The van der Waals surface area contributed by atoms with Gasteiger partial charge in [-0.2, -0.15) is 0 Å². The largest absolute Gasteiger partial charge is 0.476 e. The molecule has 0 aromatic heterocycles. The molecule has 0 spiro atoms. The number of halogens is 6. The Morgan fingerprint density at radius 3 is 1.48 bits per heavy atom. The second-order valence-electron chi connectivity index (χ2n) is 2.26. The smallest absolute Gasteiger partial charge is 0.368 e. The highest BCUT2D eigenvalue weighted by atomic mass is 20.0. The van der Waals surface area contributed by atoms with E-state index in [1.165, 1.54) is 0 Å². The van der Waals surface area contributed by atoms with Gasteiger partial charge < -0.3 is 14.6 Å². The van der Waals surface area contributed by atoms with Crippen LogP contribution in [0.5, 0.6) is 0 Å². The van der Waals surface area contributed by atoms with Crippen molar-refractivity contribution in [3.05, 3.63) is 12.2 Å². The number of ether oxygens (including phenoxy) is 2. The van der Waals surface area contributed by atoms with Crippen molar-refractivity contribution in [2.75, 3.05) is 13.2 Å². The maximum Gasteiger partial charge on any atom is 0.368 e. The first-order valence-corrected chi connectivity index (χ1v) is 5.09. The van der Waals surface area contributed by atoms with Crippen LogP contribution in [-0.2, 0) is 19.1 Å². The highest BCUT2D eigenvalue weighted by Crippen LogP contribution is 1.95. The van der Waals surface area contributed by atoms with Gasteiger partial charge in [0.15, 0.2) is 6.29 Å². The maximum atomic E-state index is 9.00. The number of carbonyl (C=O) groups is 2. The molecule has 0 fully saturated rings. The molecule has 0 atom stereocenters. The van der Waals surface area contributed by atoms with Crippen molar-refractivity contribution in [3.8, 4) is 0 Å². The molecule has 0 aliphatic rings. The number of aldehydes is 1. The molecule has 0 aromatic rings. The summed E-state index contributed by atoms with van der Waals surface area (Å²) in [6.07, 6.45) is 3.50. The Bertz CT molecular complexity index is 200. The van der Waals surface area contributed by atoms with Crippen molar-refractivity contribution in [2.24, 2.45) is 0 Å². The van der Waals surface area contributed by atoms with E-state index in [0.717, 1.165) is 0 Å². The van der Waals surface area contributed by atoms with Gasteiger partial charge in [0.05, 0.1) is 0 Å². The summed E-state index contributed by atoms with van der Waals surface area (Å²) in [5.41, 5.74) is 0. The van der Waals surface area contributed by atoms with Crippen LogP contribution in [0.4, 0.5) is 27.4 Å². The minimum atomic E-state index is -1.43. The normalized spacial score (nSPS) is 7.90. The van der Waals surface area contributed by atoms with Gasteiger partial charge in [-0.25, -0.2) is 4.79 Å². The van der Waals surface area contributed by atoms with Crippen molar-refractivity contribution < 1.29 is 51.6 Å². The number of hydrogen-bond acceptors (Lipinski definition) is 4. The van der Waals surface area contributed by atoms with Crippen molar-refractivity contribution in [2.45, 2.75) is 27.1 Å². The van der Waals surface area contributed by atoms with Crippen LogP contribution in [0, 0.1) is 0 Å². The fourth-order valence-electron chi connectivity index (χ4n) is 0.645. The van der Waals surface area contributed by atoms with E-state index in [9.17, 15) is 0 Å². The van der Waals surface area contributed by atoms with Gasteiger partial charge in [0, 0.05) is 40.7 Å². The molecule has 0 saturated heterocycles. The summed E-state index contributed by atoms with van der Waals surface area (Å²) in [5.74, 6) is -1.43. The van der Waals surface area contributed by atoms with Crippen molar-refractivity contribution in [1.82, 2.24) is 0 Å². The molecule has 0 aliphatic heterocycles. The monoisotopic (exact) mass is 332 g/mol. The standard InChI is InChI=1S/C8H16O2.C2H2O3.3F2/c1-4-7-8(9-5-2)10-6-3;3-1-2(4)5;3*1-2/h4,7-8H,5-6H2,1-3H3;1H,(H,4,5);;;/b7-4+;;;;. The Balaban J connectivity index is -0.0000000654. The molecule has 21 heavy (non-hydrogen) atoms. The first kappa shape index (κ1) is 31.7. The molecule has 0 unspecified atom stereocenters. The van der Waals surface area contributed by atoms with Crippen LogP contribution in [0.3, 0.4) is 0 Å². The number of hydrogen-bond donors (Lipinski definition) is 1. The van der Waals surface area contributed by atoms with E-state index in [1.807, 2.05) is 32.9 Å². The molecule has 11 heteroatoms. The average molecular weight is 332 g/mol. The Kier molecular flexibility index (Phi) is 64.6. The molecule has 5 nitrogen and oxygen atoms in total. The second-order valence-corrected chi connectivity index (χ2v) is 2.26. The fraction of sp³-hybridized carbons (Fsp3) is 0.600. The molecule has 0 bridgehead atoms. The maximum absolute atomic E-state index is 9.00. The van der Waals surface area contributed by atoms with E-state index in [0.29, 0.717) is 13.2 Å². The Morgan fingerprint density at radius 1 is 1.05 bits per heavy atom. The SMILES string of the molecule is C/C=C/C(OCC)OCC.FF.FF.FF.O=CC(=O)O. The summed E-state index contributed by atoms with van der Waals surface area (Å²) in [4.78, 5) is 17.9. The van der Waals surface area contributed by atoms with Gasteiger partial charge in [-0.3, -0.25) is 4.79 Å². The van der Waals surface area contributed by atoms with Crippen LogP contribution in [0.1, 0.15) is 20.8 Å². The Morgan fingerprint density at radius 2 is 1.33 bits per heavy atom. The molecular weight excluding hydrogens is 314 g/mol. The third-order valence-corrected chi connectivity index (χ3v) is 1.11. The van der Waals surface area contributed by atoms with E-state index >= 15 is 0 Å². The van der Waals surface area contributed by atoms with Crippen molar-refractivity contribution in [1.29, 1.82) is 0 Å². The lowest BCUT2D eigenvalue weighted by molar-refractivity contribution is -0.143. The lowest BCUT2D eigenvalue weighted by atomic mass is 10.5. The summed E-state index contributed by atoms with van der Waals surface area (Å²) in [6, 6.07) is 0. The van der Waals surface area contributed by atoms with Crippen LogP contribution in [0.25, 0.3) is 0 Å². The summed E-state index contributed by atoms with van der Waals surface area (Å²) < 4.78 is 58.4. The number of carboxylic acids is 1. The van der Waals surface area contributed by atoms with Gasteiger partial charge in [0.2, 0.25) is 6.29 Å². The van der Waals surface area contributed by atoms with Gasteiger partial charge in [-0.1, -0.05) is 6.08 Å². The molecule has 0 rings (SSSR count). The Hall–Kier alpha value is -1.62. The lowest BCUT2D eigenvalue weighted by Crippen LogP contribution is -2.13. The molecule has 0 aromatic carbocycles. The number of allylic oxidation sites excluding steroid dienone is 1. The predicted octanol–water partition coefficient (Wildman–Crippen LogP) is 3.75. The first-order chi connectivity index (χ1) is 10.1. The zero-order valence-electron chi connectivity index (χ0n) is 11.6. The van der Waals surface area contributed by atoms with Crippen molar-refractivity contribution in [3.63, 3.8) is 0 Å². The van der Waals surface area contributed by atoms with Crippen molar-refractivity contribution >= 4 is 12.3 Å². The molecule has 0 amide bonds. The molecule has 130 valence electrons. The third-order valence-electron chi connectivity index (χ3n) is 1.11. The van der Waals surface area contributed by atoms with Crippen LogP contribution in [0.2, 0.25) is 0 Å². The van der Waals surface area contributed by atoms with E-state index in [2.05, 4.69) is 0 Å². The summed E-state index contributed by atoms with van der Waals surface area (Å²) in [7, 11) is 0. The first-order valence-electron chi connectivity index (χ1n) is 5.09. The minimum Gasteiger partial charge on any atom is -0.476 e. The van der Waals surface area contributed by atoms with Gasteiger partial charge in [0.25, 0.3) is 0 Å². The highest BCUT2D eigenvalue weighted by Gasteiger charge is 1.99. The van der Waals surface area contributed by atoms with Gasteiger partial charge in [0.1, 0.15) is 0 Å². The number of carboxylic acid groups (broad SMARTS) is 1. The molecule has 1 N–H and O–H groups in total. The third kappa shape index (κ3) is 56.0. The summed E-state index contributed by atoms with van der Waals surface area (Å²) >= 11 is 0. The van der Waals surface area contributed by atoms with Crippen LogP contribution in [-0.4, -0.2) is 36.9 Å². The van der Waals surface area contributed by atoms with E-state index < -0.39 is 5.97 Å². The van der Waals surface area contributed by atoms with Gasteiger partial charge in [-0.05, 0) is 26.8 Å². The second kappa shape index (κ2) is 42.9. The van der Waals surface area contributed by atoms with Gasteiger partial charge >= 0.3 is 5.97 Å². The van der Waals surface area contributed by atoms with Crippen LogP contribution >= 0.6 is 0 Å². The topological polar surface area (TPSA) is 72.8 Å². The van der Waals surface area contributed by atoms with Crippen LogP contribution < -0.4 is 0 Å². The fourth-order valence-corrected chi connectivity index (χ4v) is 0.645.